The molecule has 0 aromatic heterocycles. The summed E-state index contributed by atoms with van der Waals surface area (Å²) < 4.78 is 0. The fraction of sp³-hybridized carbons (Fsp3) is 0.600. The third kappa shape index (κ3) is 3.26. The van der Waals surface area contributed by atoms with Crippen molar-refractivity contribution in [3.8, 4) is 0 Å². The summed E-state index contributed by atoms with van der Waals surface area (Å²) >= 11 is 0. The molecule has 0 radical (unpaired) electrons. The van der Waals surface area contributed by atoms with E-state index in [0.717, 1.165) is 0 Å². The minimum atomic E-state index is 1.21. The molecule has 1 heteroatoms. The first-order valence-electron chi connectivity index (χ1n) is 4.47. The molecule has 0 bridgehead atoms. The first-order valence-corrected chi connectivity index (χ1v) is 4.47. The molecule has 0 aromatic rings. The fourth-order valence-electron chi connectivity index (χ4n) is 1.33. The highest BCUT2D eigenvalue weighted by molar-refractivity contribution is 5.11. The highest BCUT2D eigenvalue weighted by Crippen LogP contribution is 2.10. The largest absolute Gasteiger partial charge is 0.391 e. The van der Waals surface area contributed by atoms with Gasteiger partial charge in [-0.25, -0.2) is 0 Å². The summed E-state index contributed by atoms with van der Waals surface area (Å²) in [6.45, 7) is 0. The van der Waals surface area contributed by atoms with Gasteiger partial charge in [0.1, 0.15) is 0 Å². The summed E-state index contributed by atoms with van der Waals surface area (Å²) in [6, 6.07) is 0. The molecule has 0 spiro atoms. The summed E-state index contributed by atoms with van der Waals surface area (Å²) in [5.41, 5.74) is 1.36. The van der Waals surface area contributed by atoms with Crippen molar-refractivity contribution in [2.45, 2.75) is 32.1 Å². The molecule has 0 fully saturated rings. The van der Waals surface area contributed by atoms with Crippen LogP contribution in [0.5, 0.6) is 0 Å². The lowest BCUT2D eigenvalue weighted by atomic mass is 10.1. The van der Waals surface area contributed by atoms with Crippen LogP contribution in [0.3, 0.4) is 0 Å². The van der Waals surface area contributed by atoms with E-state index in [1.165, 1.54) is 37.8 Å². The van der Waals surface area contributed by atoms with Gasteiger partial charge in [-0.2, -0.15) is 0 Å². The third-order valence-electron chi connectivity index (χ3n) is 2.07. The summed E-state index contributed by atoms with van der Waals surface area (Å²) in [7, 11) is 2.00. The zero-order valence-corrected chi connectivity index (χ0v) is 7.27. The van der Waals surface area contributed by atoms with E-state index < -0.39 is 0 Å². The Labute approximate surface area is 69.2 Å². The van der Waals surface area contributed by atoms with Crippen molar-refractivity contribution < 1.29 is 0 Å². The lowest BCUT2D eigenvalue weighted by molar-refractivity contribution is 0.670. The average molecular weight is 151 g/mol. The molecule has 0 aliphatic heterocycles. The van der Waals surface area contributed by atoms with Gasteiger partial charge in [0.05, 0.1) is 0 Å². The van der Waals surface area contributed by atoms with E-state index in [1.807, 2.05) is 7.05 Å². The average Bonchev–Trinajstić information content (AvgIpc) is 2.16. The SMILES string of the molecule is CN/C1=C/C=C\CCCCC1. The maximum Gasteiger partial charge on any atom is 0.0104 e. The highest BCUT2D eigenvalue weighted by Gasteiger charge is 1.94. The topological polar surface area (TPSA) is 12.0 Å². The smallest absolute Gasteiger partial charge is 0.0104 e. The third-order valence-corrected chi connectivity index (χ3v) is 2.07. The molecule has 1 rings (SSSR count). The van der Waals surface area contributed by atoms with Gasteiger partial charge in [0, 0.05) is 12.7 Å². The van der Waals surface area contributed by atoms with E-state index >= 15 is 0 Å². The first-order chi connectivity index (χ1) is 5.43. The first kappa shape index (κ1) is 8.38. The van der Waals surface area contributed by atoms with E-state index in [-0.39, 0.29) is 0 Å². The van der Waals surface area contributed by atoms with Crippen LogP contribution in [0.1, 0.15) is 32.1 Å². The maximum atomic E-state index is 3.21. The molecule has 0 unspecified atom stereocenters. The molecular formula is C10H17N. The second kappa shape index (κ2) is 5.00. The van der Waals surface area contributed by atoms with Crippen molar-refractivity contribution in [3.63, 3.8) is 0 Å². The molecule has 1 N–H and O–H groups in total. The molecule has 1 aliphatic carbocycles. The molecule has 0 amide bonds. The highest BCUT2D eigenvalue weighted by atomic mass is 14.8. The molecule has 0 heterocycles. The minimum Gasteiger partial charge on any atom is -0.391 e. The van der Waals surface area contributed by atoms with E-state index in [0.29, 0.717) is 0 Å². The van der Waals surface area contributed by atoms with Gasteiger partial charge in [-0.1, -0.05) is 18.6 Å². The second-order valence-electron chi connectivity index (χ2n) is 2.97. The lowest BCUT2D eigenvalue weighted by Gasteiger charge is -2.03. The van der Waals surface area contributed by atoms with Crippen LogP contribution >= 0.6 is 0 Å². The summed E-state index contributed by atoms with van der Waals surface area (Å²) in [6.07, 6.45) is 13.1. The zero-order chi connectivity index (χ0) is 7.94. The van der Waals surface area contributed by atoms with Crippen molar-refractivity contribution >= 4 is 0 Å². The predicted molar refractivity (Wildman–Crippen MR) is 49.4 cm³/mol. The zero-order valence-electron chi connectivity index (χ0n) is 7.27. The summed E-state index contributed by atoms with van der Waals surface area (Å²) in [4.78, 5) is 0. The number of hydrogen-bond donors (Lipinski definition) is 1. The van der Waals surface area contributed by atoms with Gasteiger partial charge >= 0.3 is 0 Å². The van der Waals surface area contributed by atoms with Crippen LogP contribution in [-0.2, 0) is 0 Å². The number of hydrogen-bond acceptors (Lipinski definition) is 1. The van der Waals surface area contributed by atoms with Gasteiger partial charge in [0.15, 0.2) is 0 Å². The normalized spacial score (nSPS) is 27.2. The Balaban J connectivity index is 2.46. The molecule has 1 aliphatic rings. The van der Waals surface area contributed by atoms with E-state index in [2.05, 4.69) is 23.5 Å². The fourth-order valence-corrected chi connectivity index (χ4v) is 1.33. The molecule has 1 nitrogen and oxygen atoms in total. The Hall–Kier alpha value is -0.720. The Morgan fingerprint density at radius 1 is 1.27 bits per heavy atom. The molecule has 0 saturated heterocycles. The van der Waals surface area contributed by atoms with Gasteiger partial charge in [-0.3, -0.25) is 0 Å². The van der Waals surface area contributed by atoms with Crippen molar-refractivity contribution in [1.29, 1.82) is 0 Å². The second-order valence-corrected chi connectivity index (χ2v) is 2.97. The van der Waals surface area contributed by atoms with Gasteiger partial charge in [0.2, 0.25) is 0 Å². The van der Waals surface area contributed by atoms with Gasteiger partial charge in [-0.05, 0) is 31.8 Å². The van der Waals surface area contributed by atoms with Crippen LogP contribution in [0.15, 0.2) is 23.9 Å². The van der Waals surface area contributed by atoms with Crippen molar-refractivity contribution in [2.75, 3.05) is 7.05 Å². The van der Waals surface area contributed by atoms with Crippen molar-refractivity contribution in [2.24, 2.45) is 0 Å². The molecule has 11 heavy (non-hydrogen) atoms. The van der Waals surface area contributed by atoms with Gasteiger partial charge in [0.25, 0.3) is 0 Å². The Morgan fingerprint density at radius 2 is 2.18 bits per heavy atom. The Bertz CT molecular complexity index is 156. The quantitative estimate of drug-likeness (QED) is 0.607. The molecule has 0 saturated carbocycles. The van der Waals surface area contributed by atoms with Gasteiger partial charge in [-0.15, -0.1) is 0 Å². The Morgan fingerprint density at radius 3 is 3.00 bits per heavy atom. The predicted octanol–water partition coefficient (Wildman–Crippen LogP) is 2.61. The lowest BCUT2D eigenvalue weighted by Crippen LogP contribution is -2.04. The van der Waals surface area contributed by atoms with Crippen LogP contribution in [0.25, 0.3) is 0 Å². The molecule has 62 valence electrons. The van der Waals surface area contributed by atoms with E-state index in [1.54, 1.807) is 0 Å². The molecular weight excluding hydrogens is 134 g/mol. The number of nitrogens with one attached hydrogen (secondary N) is 1. The van der Waals surface area contributed by atoms with Crippen LogP contribution in [-0.4, -0.2) is 7.05 Å². The summed E-state index contributed by atoms with van der Waals surface area (Å²) in [5.74, 6) is 0. The summed E-state index contributed by atoms with van der Waals surface area (Å²) in [5, 5.41) is 3.21. The van der Waals surface area contributed by atoms with Crippen LogP contribution in [0.4, 0.5) is 0 Å². The number of allylic oxidation sites excluding steroid dienone is 4. The van der Waals surface area contributed by atoms with Crippen molar-refractivity contribution in [3.05, 3.63) is 23.9 Å². The maximum absolute atomic E-state index is 3.21. The van der Waals surface area contributed by atoms with Crippen LogP contribution in [0, 0.1) is 0 Å². The Kier molecular flexibility index (Phi) is 3.81. The van der Waals surface area contributed by atoms with E-state index in [4.69, 9.17) is 0 Å². The molecule has 0 aromatic carbocycles. The molecule has 0 atom stereocenters. The standard InChI is InChI=1S/C10H17N/c1-11-10-8-6-4-2-3-5-7-9-10/h4,6,8,11H,2-3,5,7,9H2,1H3/b6-4-,10-8+. The van der Waals surface area contributed by atoms with Crippen LogP contribution in [0.2, 0.25) is 0 Å². The van der Waals surface area contributed by atoms with Gasteiger partial charge < -0.3 is 5.32 Å². The van der Waals surface area contributed by atoms with Crippen LogP contribution < -0.4 is 5.32 Å². The van der Waals surface area contributed by atoms with Crippen molar-refractivity contribution in [1.82, 2.24) is 5.32 Å². The monoisotopic (exact) mass is 151 g/mol. The number of rotatable bonds is 1. The minimum absolute atomic E-state index is 1.21. The van der Waals surface area contributed by atoms with E-state index in [9.17, 15) is 0 Å².